The molecule has 0 aliphatic heterocycles. The van der Waals surface area contributed by atoms with E-state index in [1.807, 2.05) is 6.92 Å². The Kier molecular flexibility index (Phi) is 5.80. The largest absolute Gasteiger partial charge is 0.508 e. The molecule has 6 nitrogen and oxygen atoms in total. The van der Waals surface area contributed by atoms with Gasteiger partial charge in [-0.05, 0) is 25.1 Å². The third kappa shape index (κ3) is 4.04. The molecule has 2 atom stereocenters. The number of rotatable bonds is 6. The molecule has 0 aromatic heterocycles. The molecule has 0 amide bonds. The molecule has 0 radical (unpaired) electrons. The molecule has 0 fully saturated rings. The third-order valence-corrected chi connectivity index (χ3v) is 5.65. The minimum atomic E-state index is -3.68. The molecule has 24 heavy (non-hydrogen) atoms. The summed E-state index contributed by atoms with van der Waals surface area (Å²) in [5, 5.41) is 0. The van der Waals surface area contributed by atoms with Gasteiger partial charge in [0.15, 0.2) is 0 Å². The van der Waals surface area contributed by atoms with Gasteiger partial charge in [0.2, 0.25) is 10.0 Å². The number of sulfonamides is 1. The number of nitrogens with zero attached hydrogens (tertiary/aromatic N) is 1. The Balaban J connectivity index is 2.21. The Labute approximate surface area is 142 Å². The SMILES string of the molecule is C=CCN(C1C=CC(OC(=O)OC)C1)S(=O)(=O)c1ccc(C)cc1. The summed E-state index contributed by atoms with van der Waals surface area (Å²) in [6.45, 7) is 5.70. The smallest absolute Gasteiger partial charge is 0.438 e. The zero-order chi connectivity index (χ0) is 17.7. The van der Waals surface area contributed by atoms with E-state index in [9.17, 15) is 13.2 Å². The number of hydrogen-bond acceptors (Lipinski definition) is 5. The van der Waals surface area contributed by atoms with Crippen molar-refractivity contribution in [1.82, 2.24) is 4.31 Å². The quantitative estimate of drug-likeness (QED) is 0.582. The number of hydrogen-bond donors (Lipinski definition) is 0. The van der Waals surface area contributed by atoms with E-state index in [1.54, 1.807) is 36.4 Å². The highest BCUT2D eigenvalue weighted by molar-refractivity contribution is 7.89. The van der Waals surface area contributed by atoms with E-state index < -0.39 is 28.3 Å². The van der Waals surface area contributed by atoms with E-state index in [2.05, 4.69) is 11.3 Å². The summed E-state index contributed by atoms with van der Waals surface area (Å²) in [7, 11) is -2.46. The maximum absolute atomic E-state index is 12.9. The first-order valence-electron chi connectivity index (χ1n) is 7.51. The molecular weight excluding hydrogens is 330 g/mol. The Bertz CT molecular complexity index is 724. The van der Waals surface area contributed by atoms with Crippen LogP contribution in [0.2, 0.25) is 0 Å². The number of methoxy groups -OCH3 is 1. The van der Waals surface area contributed by atoms with Crippen molar-refractivity contribution in [3.8, 4) is 0 Å². The average molecular weight is 351 g/mol. The van der Waals surface area contributed by atoms with Crippen LogP contribution in [0.25, 0.3) is 0 Å². The highest BCUT2D eigenvalue weighted by Crippen LogP contribution is 2.26. The normalized spacial score (nSPS) is 20.1. The summed E-state index contributed by atoms with van der Waals surface area (Å²) >= 11 is 0. The number of ether oxygens (including phenoxy) is 2. The standard InChI is InChI=1S/C17H21NO5S/c1-4-11-18(14-7-8-15(12-14)23-17(19)22-3)24(20,21)16-9-5-13(2)6-10-16/h4-10,14-15H,1,11-12H2,2-3H3. The van der Waals surface area contributed by atoms with Gasteiger partial charge in [0.25, 0.3) is 0 Å². The molecular formula is C17H21NO5S. The molecule has 0 saturated heterocycles. The zero-order valence-corrected chi connectivity index (χ0v) is 14.5. The second kappa shape index (κ2) is 7.63. The van der Waals surface area contributed by atoms with Gasteiger partial charge in [-0.2, -0.15) is 4.31 Å². The molecule has 1 aromatic carbocycles. The third-order valence-electron chi connectivity index (χ3n) is 3.74. The maximum Gasteiger partial charge on any atom is 0.508 e. The van der Waals surface area contributed by atoms with Gasteiger partial charge in [-0.15, -0.1) is 6.58 Å². The summed E-state index contributed by atoms with van der Waals surface area (Å²) in [4.78, 5) is 11.4. The zero-order valence-electron chi connectivity index (χ0n) is 13.7. The predicted molar refractivity (Wildman–Crippen MR) is 90.1 cm³/mol. The topological polar surface area (TPSA) is 72.9 Å². The molecule has 0 saturated carbocycles. The van der Waals surface area contributed by atoms with Crippen LogP contribution >= 0.6 is 0 Å². The molecule has 0 N–H and O–H groups in total. The van der Waals surface area contributed by atoms with Crippen molar-refractivity contribution in [2.45, 2.75) is 30.4 Å². The predicted octanol–water partition coefficient (Wildman–Crippen LogP) is 2.65. The Hall–Kier alpha value is -2.12. The van der Waals surface area contributed by atoms with Crippen LogP contribution in [-0.2, 0) is 19.5 Å². The van der Waals surface area contributed by atoms with Crippen molar-refractivity contribution in [2.75, 3.05) is 13.7 Å². The number of aryl methyl sites for hydroxylation is 1. The van der Waals surface area contributed by atoms with Crippen LogP contribution in [0.5, 0.6) is 0 Å². The first-order chi connectivity index (χ1) is 11.4. The molecule has 0 heterocycles. The minimum Gasteiger partial charge on any atom is -0.438 e. The monoisotopic (exact) mass is 351 g/mol. The van der Waals surface area contributed by atoms with Crippen LogP contribution in [0.3, 0.4) is 0 Å². The fourth-order valence-electron chi connectivity index (χ4n) is 2.50. The van der Waals surface area contributed by atoms with E-state index in [4.69, 9.17) is 4.74 Å². The Morgan fingerprint density at radius 1 is 1.33 bits per heavy atom. The van der Waals surface area contributed by atoms with Gasteiger partial charge in [0.1, 0.15) is 6.10 Å². The molecule has 0 spiro atoms. The van der Waals surface area contributed by atoms with E-state index in [-0.39, 0.29) is 11.4 Å². The minimum absolute atomic E-state index is 0.163. The van der Waals surface area contributed by atoms with E-state index >= 15 is 0 Å². The van der Waals surface area contributed by atoms with Gasteiger partial charge in [-0.1, -0.05) is 29.8 Å². The lowest BCUT2D eigenvalue weighted by atomic mass is 10.2. The number of carbonyl (C=O) groups excluding carboxylic acids is 1. The van der Waals surface area contributed by atoms with Crippen molar-refractivity contribution in [2.24, 2.45) is 0 Å². The van der Waals surface area contributed by atoms with Crippen LogP contribution in [0.1, 0.15) is 12.0 Å². The highest BCUT2D eigenvalue weighted by atomic mass is 32.2. The van der Waals surface area contributed by atoms with E-state index in [1.165, 1.54) is 17.5 Å². The molecule has 1 aliphatic carbocycles. The summed E-state index contributed by atoms with van der Waals surface area (Å²) < 4.78 is 36.7. The summed E-state index contributed by atoms with van der Waals surface area (Å²) in [5.41, 5.74) is 0.983. The molecule has 1 aliphatic rings. The lowest BCUT2D eigenvalue weighted by Gasteiger charge is -2.26. The Morgan fingerprint density at radius 2 is 2.00 bits per heavy atom. The second-order valence-electron chi connectivity index (χ2n) is 5.47. The van der Waals surface area contributed by atoms with Crippen LogP contribution < -0.4 is 0 Å². The lowest BCUT2D eigenvalue weighted by molar-refractivity contribution is 0.0496. The van der Waals surface area contributed by atoms with Crippen molar-refractivity contribution in [1.29, 1.82) is 0 Å². The van der Waals surface area contributed by atoms with E-state index in [0.717, 1.165) is 5.56 Å². The van der Waals surface area contributed by atoms with Crippen molar-refractivity contribution < 1.29 is 22.7 Å². The van der Waals surface area contributed by atoms with Gasteiger partial charge in [-0.3, -0.25) is 0 Å². The second-order valence-corrected chi connectivity index (χ2v) is 7.37. The van der Waals surface area contributed by atoms with Gasteiger partial charge in [-0.25, -0.2) is 13.2 Å². The van der Waals surface area contributed by atoms with Crippen LogP contribution in [0, 0.1) is 6.92 Å². The van der Waals surface area contributed by atoms with Crippen molar-refractivity contribution in [3.05, 3.63) is 54.6 Å². The summed E-state index contributed by atoms with van der Waals surface area (Å²) in [5.74, 6) is 0. The van der Waals surface area contributed by atoms with Crippen LogP contribution in [-0.4, -0.2) is 44.7 Å². The van der Waals surface area contributed by atoms with Crippen molar-refractivity contribution in [3.63, 3.8) is 0 Å². The van der Waals surface area contributed by atoms with Crippen LogP contribution in [0.4, 0.5) is 4.79 Å². The highest BCUT2D eigenvalue weighted by Gasteiger charge is 2.34. The molecule has 2 rings (SSSR count). The molecule has 1 aromatic rings. The van der Waals surface area contributed by atoms with Gasteiger partial charge in [0, 0.05) is 19.0 Å². The number of benzene rings is 1. The average Bonchev–Trinajstić information content (AvgIpc) is 3.00. The summed E-state index contributed by atoms with van der Waals surface area (Å²) in [6.07, 6.45) is 3.97. The molecule has 130 valence electrons. The molecule has 0 bridgehead atoms. The van der Waals surface area contributed by atoms with Gasteiger partial charge >= 0.3 is 6.16 Å². The Morgan fingerprint density at radius 3 is 2.58 bits per heavy atom. The summed E-state index contributed by atoms with van der Waals surface area (Å²) in [6, 6.07) is 6.27. The fourth-order valence-corrected chi connectivity index (χ4v) is 4.07. The maximum atomic E-state index is 12.9. The lowest BCUT2D eigenvalue weighted by Crippen LogP contribution is -2.39. The fraction of sp³-hybridized carbons (Fsp3) is 0.353. The van der Waals surface area contributed by atoms with Crippen molar-refractivity contribution >= 4 is 16.2 Å². The number of carbonyl (C=O) groups is 1. The van der Waals surface area contributed by atoms with E-state index in [0.29, 0.717) is 6.42 Å². The van der Waals surface area contributed by atoms with Crippen LogP contribution in [0.15, 0.2) is 54.0 Å². The first kappa shape index (κ1) is 18.2. The first-order valence-corrected chi connectivity index (χ1v) is 8.95. The van der Waals surface area contributed by atoms with Gasteiger partial charge in [0.05, 0.1) is 12.0 Å². The van der Waals surface area contributed by atoms with Gasteiger partial charge < -0.3 is 9.47 Å². The molecule has 2 unspecified atom stereocenters. The molecule has 7 heteroatoms.